The highest BCUT2D eigenvalue weighted by Crippen LogP contribution is 2.43. The van der Waals surface area contributed by atoms with Crippen LogP contribution in [-0.2, 0) is 4.79 Å². The molecule has 0 spiro atoms. The van der Waals surface area contributed by atoms with Crippen molar-refractivity contribution in [1.29, 1.82) is 0 Å². The second-order valence-corrected chi connectivity index (χ2v) is 3.86. The van der Waals surface area contributed by atoms with Crippen molar-refractivity contribution >= 4 is 6.47 Å². The van der Waals surface area contributed by atoms with Gasteiger partial charge in [0, 0.05) is 11.1 Å². The van der Waals surface area contributed by atoms with Crippen LogP contribution in [-0.4, -0.2) is 6.47 Å². The zero-order valence-electron chi connectivity index (χ0n) is 9.50. The first kappa shape index (κ1) is 10.6. The molecule has 3 heteroatoms. The lowest BCUT2D eigenvalue weighted by atomic mass is 10.1. The van der Waals surface area contributed by atoms with E-state index in [4.69, 9.17) is 9.15 Å². The summed E-state index contributed by atoms with van der Waals surface area (Å²) in [6.45, 7) is 0.420. The fraction of sp³-hybridized carbons (Fsp3) is 0. The molecule has 0 aromatic heterocycles. The fourth-order valence-corrected chi connectivity index (χ4v) is 2.03. The minimum absolute atomic E-state index is 0.420. The summed E-state index contributed by atoms with van der Waals surface area (Å²) in [5.74, 6) is 1.05. The molecule has 88 valence electrons. The van der Waals surface area contributed by atoms with Crippen LogP contribution in [0.25, 0.3) is 22.5 Å². The molecule has 0 atom stereocenters. The summed E-state index contributed by atoms with van der Waals surface area (Å²) in [6.07, 6.45) is 1.56. The second-order valence-electron chi connectivity index (χ2n) is 3.86. The van der Waals surface area contributed by atoms with E-state index in [2.05, 4.69) is 0 Å². The smallest absolute Gasteiger partial charge is 0.298 e. The summed E-state index contributed by atoms with van der Waals surface area (Å²) in [4.78, 5) is 10.6. The Hall–Kier alpha value is -2.55. The van der Waals surface area contributed by atoms with Crippen LogP contribution in [0.3, 0.4) is 0 Å². The molecule has 0 N–H and O–H groups in total. The molecule has 1 aromatic carbocycles. The lowest BCUT2D eigenvalue weighted by molar-refractivity contribution is -0.120. The van der Waals surface area contributed by atoms with Crippen LogP contribution in [0, 0.1) is 0 Å². The van der Waals surface area contributed by atoms with Crippen molar-refractivity contribution < 1.29 is 13.9 Å². The SMILES string of the molecule is O=COc1c(-c2ccccc2)cc2cccoc1-2. The van der Waals surface area contributed by atoms with Crippen LogP contribution < -0.4 is 4.74 Å². The summed E-state index contributed by atoms with van der Waals surface area (Å²) in [6, 6.07) is 15.4. The number of rotatable bonds is 3. The molecule has 0 fully saturated rings. The molecule has 1 aliphatic heterocycles. The molecule has 18 heavy (non-hydrogen) atoms. The zero-order chi connectivity index (χ0) is 12.4. The van der Waals surface area contributed by atoms with E-state index >= 15 is 0 Å². The minimum Gasteiger partial charge on any atom is -0.460 e. The number of ether oxygens (including phenoxy) is 1. The number of carbonyl (C=O) groups excluding carboxylic acids is 1. The number of hydrogen-bond acceptors (Lipinski definition) is 3. The first-order valence-corrected chi connectivity index (χ1v) is 5.56. The van der Waals surface area contributed by atoms with Crippen molar-refractivity contribution in [2.45, 2.75) is 0 Å². The van der Waals surface area contributed by atoms with Gasteiger partial charge in [-0.3, -0.25) is 4.79 Å². The van der Waals surface area contributed by atoms with E-state index in [1.807, 2.05) is 48.5 Å². The molecule has 0 saturated carbocycles. The Morgan fingerprint density at radius 1 is 1.00 bits per heavy atom. The molecule has 0 amide bonds. The third-order valence-electron chi connectivity index (χ3n) is 2.80. The van der Waals surface area contributed by atoms with E-state index in [9.17, 15) is 4.79 Å². The zero-order valence-corrected chi connectivity index (χ0v) is 9.50. The van der Waals surface area contributed by atoms with Gasteiger partial charge >= 0.3 is 0 Å². The first-order valence-electron chi connectivity index (χ1n) is 5.56. The van der Waals surface area contributed by atoms with Crippen molar-refractivity contribution in [2.75, 3.05) is 0 Å². The van der Waals surface area contributed by atoms with E-state index < -0.39 is 0 Å². The highest BCUT2D eigenvalue weighted by atomic mass is 16.5. The second kappa shape index (κ2) is 4.37. The molecule has 1 heterocycles. The average molecular weight is 238 g/mol. The van der Waals surface area contributed by atoms with Crippen LogP contribution in [0.4, 0.5) is 0 Å². The highest BCUT2D eigenvalue weighted by Gasteiger charge is 2.20. The van der Waals surface area contributed by atoms with Crippen molar-refractivity contribution in [1.82, 2.24) is 0 Å². The van der Waals surface area contributed by atoms with Crippen molar-refractivity contribution in [2.24, 2.45) is 0 Å². The van der Waals surface area contributed by atoms with Gasteiger partial charge in [-0.05, 0) is 23.8 Å². The van der Waals surface area contributed by atoms with Gasteiger partial charge in [-0.2, -0.15) is 0 Å². The number of fused-ring (bicyclic) bond motifs is 1. The van der Waals surface area contributed by atoms with Crippen molar-refractivity contribution in [3.63, 3.8) is 0 Å². The molecule has 0 saturated heterocycles. The normalized spacial score (nSPS) is 10.4. The Morgan fingerprint density at radius 3 is 2.56 bits per heavy atom. The maximum absolute atomic E-state index is 10.6. The fourth-order valence-electron chi connectivity index (χ4n) is 2.03. The summed E-state index contributed by atoms with van der Waals surface area (Å²) in [7, 11) is 0. The quantitative estimate of drug-likeness (QED) is 0.654. The van der Waals surface area contributed by atoms with E-state index in [0.717, 1.165) is 16.7 Å². The molecule has 1 aromatic rings. The van der Waals surface area contributed by atoms with Gasteiger partial charge in [0.25, 0.3) is 6.47 Å². The van der Waals surface area contributed by atoms with Crippen LogP contribution in [0.1, 0.15) is 0 Å². The molecule has 3 nitrogen and oxygen atoms in total. The van der Waals surface area contributed by atoms with Gasteiger partial charge in [-0.1, -0.05) is 30.3 Å². The Kier molecular flexibility index (Phi) is 2.57. The lowest BCUT2D eigenvalue weighted by Crippen LogP contribution is -1.90. The van der Waals surface area contributed by atoms with Crippen LogP contribution >= 0.6 is 0 Å². The summed E-state index contributed by atoms with van der Waals surface area (Å²) in [5.41, 5.74) is 2.75. The lowest BCUT2D eigenvalue weighted by Gasteiger charge is -2.03. The van der Waals surface area contributed by atoms with Gasteiger partial charge in [0.1, 0.15) is 0 Å². The first-order chi connectivity index (χ1) is 8.90. The number of benzene rings is 1. The van der Waals surface area contributed by atoms with Crippen molar-refractivity contribution in [3.8, 4) is 28.2 Å². The standard InChI is InChI=1S/C15H10O3/c16-10-18-15-13(11-5-2-1-3-6-11)9-12-7-4-8-17-14(12)15/h1-10H. The van der Waals surface area contributed by atoms with Gasteiger partial charge in [-0.15, -0.1) is 0 Å². The van der Waals surface area contributed by atoms with Crippen molar-refractivity contribution in [3.05, 3.63) is 54.8 Å². The monoisotopic (exact) mass is 238 g/mol. The third-order valence-corrected chi connectivity index (χ3v) is 2.80. The summed E-state index contributed by atoms with van der Waals surface area (Å²) >= 11 is 0. The number of carbonyl (C=O) groups is 1. The van der Waals surface area contributed by atoms with Gasteiger partial charge in [-0.25, -0.2) is 0 Å². The molecule has 2 aliphatic rings. The maximum atomic E-state index is 10.6. The molecule has 0 radical (unpaired) electrons. The Labute approximate surface area is 104 Å². The van der Waals surface area contributed by atoms with E-state index in [-0.39, 0.29) is 0 Å². The van der Waals surface area contributed by atoms with Gasteiger partial charge in [0.05, 0.1) is 6.26 Å². The summed E-state index contributed by atoms with van der Waals surface area (Å²) in [5, 5.41) is 0. The predicted molar refractivity (Wildman–Crippen MR) is 67.5 cm³/mol. The Balaban J connectivity index is 2.25. The summed E-state index contributed by atoms with van der Waals surface area (Å²) < 4.78 is 10.5. The topological polar surface area (TPSA) is 39.4 Å². The van der Waals surface area contributed by atoms with E-state index in [1.54, 1.807) is 6.26 Å². The predicted octanol–water partition coefficient (Wildman–Crippen LogP) is 3.59. The van der Waals surface area contributed by atoms with Gasteiger partial charge in [0.2, 0.25) is 0 Å². The van der Waals surface area contributed by atoms with Crippen LogP contribution in [0.5, 0.6) is 5.75 Å². The minimum atomic E-state index is 0.420. The Bertz CT molecular complexity index is 640. The molecule has 3 rings (SSSR count). The van der Waals surface area contributed by atoms with Gasteiger partial charge in [0.15, 0.2) is 11.5 Å². The Morgan fingerprint density at radius 2 is 1.78 bits per heavy atom. The van der Waals surface area contributed by atoms with Crippen LogP contribution in [0.2, 0.25) is 0 Å². The van der Waals surface area contributed by atoms with E-state index in [1.165, 1.54) is 0 Å². The molecule has 0 bridgehead atoms. The molecular formula is C15H10O3. The molecular weight excluding hydrogens is 228 g/mol. The van der Waals surface area contributed by atoms with E-state index in [0.29, 0.717) is 18.0 Å². The van der Waals surface area contributed by atoms with Crippen LogP contribution in [0.15, 0.2) is 59.2 Å². The number of hydrogen-bond donors (Lipinski definition) is 0. The largest absolute Gasteiger partial charge is 0.460 e. The molecule has 0 unspecified atom stereocenters. The highest BCUT2D eigenvalue weighted by molar-refractivity contribution is 5.86. The maximum Gasteiger partial charge on any atom is 0.298 e. The molecule has 1 aliphatic carbocycles. The third kappa shape index (κ3) is 1.66. The van der Waals surface area contributed by atoms with Gasteiger partial charge < -0.3 is 9.15 Å². The average Bonchev–Trinajstić information content (AvgIpc) is 2.80.